The minimum atomic E-state index is 0.426. The van der Waals surface area contributed by atoms with Crippen molar-refractivity contribution in [2.75, 3.05) is 6.54 Å². The van der Waals surface area contributed by atoms with E-state index in [2.05, 4.69) is 28.9 Å². The fourth-order valence-corrected chi connectivity index (χ4v) is 1.98. The summed E-state index contributed by atoms with van der Waals surface area (Å²) in [4.78, 5) is 0. The van der Waals surface area contributed by atoms with Crippen LogP contribution in [0.3, 0.4) is 0 Å². The van der Waals surface area contributed by atoms with Gasteiger partial charge in [-0.05, 0) is 42.6 Å². The predicted octanol–water partition coefficient (Wildman–Crippen LogP) is 3.55. The second-order valence-electron chi connectivity index (χ2n) is 3.14. The third-order valence-electron chi connectivity index (χ3n) is 2.09. The first-order valence-corrected chi connectivity index (χ1v) is 5.47. The van der Waals surface area contributed by atoms with E-state index in [-0.39, 0.29) is 0 Å². The first kappa shape index (κ1) is 11.0. The maximum atomic E-state index is 6.07. The average Bonchev–Trinajstić information content (AvgIpc) is 2.09. The average molecular weight is 263 g/mol. The van der Waals surface area contributed by atoms with Gasteiger partial charge < -0.3 is 5.73 Å². The number of hydrogen-bond acceptors (Lipinski definition) is 1. The molecule has 1 atom stereocenters. The third-order valence-corrected chi connectivity index (χ3v) is 2.93. The standard InChI is InChI=1S/C10H13BrClN/c1-7(4-5-13)9-6-8(11)2-3-10(9)12/h2-3,6-7H,4-5,13H2,1H3. The molecule has 13 heavy (non-hydrogen) atoms. The van der Waals surface area contributed by atoms with Gasteiger partial charge in [0.2, 0.25) is 0 Å². The summed E-state index contributed by atoms with van der Waals surface area (Å²) in [5.41, 5.74) is 6.67. The van der Waals surface area contributed by atoms with Gasteiger partial charge in [-0.25, -0.2) is 0 Å². The number of hydrogen-bond donors (Lipinski definition) is 1. The van der Waals surface area contributed by atoms with Gasteiger partial charge in [0.15, 0.2) is 0 Å². The predicted molar refractivity (Wildman–Crippen MR) is 61.2 cm³/mol. The number of nitrogens with two attached hydrogens (primary N) is 1. The Morgan fingerprint density at radius 2 is 2.23 bits per heavy atom. The molecule has 0 amide bonds. The highest BCUT2D eigenvalue weighted by Gasteiger charge is 2.08. The molecule has 2 N–H and O–H groups in total. The molecule has 0 aliphatic carbocycles. The van der Waals surface area contributed by atoms with Crippen LogP contribution < -0.4 is 5.73 Å². The van der Waals surface area contributed by atoms with Gasteiger partial charge in [0.05, 0.1) is 0 Å². The van der Waals surface area contributed by atoms with E-state index in [9.17, 15) is 0 Å². The maximum absolute atomic E-state index is 6.07. The molecule has 1 nitrogen and oxygen atoms in total. The summed E-state index contributed by atoms with van der Waals surface area (Å²) >= 11 is 9.49. The molecule has 1 unspecified atom stereocenters. The molecular formula is C10H13BrClN. The second kappa shape index (κ2) is 4.99. The van der Waals surface area contributed by atoms with Crippen LogP contribution in [0, 0.1) is 0 Å². The Morgan fingerprint density at radius 1 is 1.54 bits per heavy atom. The maximum Gasteiger partial charge on any atom is 0.0441 e. The third kappa shape index (κ3) is 2.97. The van der Waals surface area contributed by atoms with Crippen molar-refractivity contribution in [3.8, 4) is 0 Å². The lowest BCUT2D eigenvalue weighted by molar-refractivity contribution is 0.690. The molecule has 1 aromatic carbocycles. The van der Waals surface area contributed by atoms with Gasteiger partial charge in [-0.2, -0.15) is 0 Å². The Hall–Kier alpha value is -0.0500. The normalized spacial score (nSPS) is 12.9. The van der Waals surface area contributed by atoms with Gasteiger partial charge in [0.25, 0.3) is 0 Å². The monoisotopic (exact) mass is 261 g/mol. The lowest BCUT2D eigenvalue weighted by Gasteiger charge is -2.12. The fourth-order valence-electron chi connectivity index (χ4n) is 1.30. The van der Waals surface area contributed by atoms with Crippen LogP contribution in [0.5, 0.6) is 0 Å². The first-order valence-electron chi connectivity index (χ1n) is 4.30. The van der Waals surface area contributed by atoms with Crippen molar-refractivity contribution in [3.63, 3.8) is 0 Å². The number of benzene rings is 1. The minimum Gasteiger partial charge on any atom is -0.330 e. The summed E-state index contributed by atoms with van der Waals surface area (Å²) in [7, 11) is 0. The molecule has 0 aromatic heterocycles. The molecule has 0 spiro atoms. The van der Waals surface area contributed by atoms with E-state index in [1.165, 1.54) is 5.56 Å². The van der Waals surface area contributed by atoms with Crippen molar-refractivity contribution < 1.29 is 0 Å². The van der Waals surface area contributed by atoms with Crippen LogP contribution >= 0.6 is 27.5 Å². The molecule has 0 saturated carbocycles. The molecule has 1 aromatic rings. The minimum absolute atomic E-state index is 0.426. The van der Waals surface area contributed by atoms with E-state index < -0.39 is 0 Å². The van der Waals surface area contributed by atoms with Gasteiger partial charge >= 0.3 is 0 Å². The zero-order valence-corrected chi connectivity index (χ0v) is 9.90. The van der Waals surface area contributed by atoms with Gasteiger partial charge in [-0.3, -0.25) is 0 Å². The van der Waals surface area contributed by atoms with Gasteiger partial charge in [0.1, 0.15) is 0 Å². The Balaban J connectivity index is 2.91. The van der Waals surface area contributed by atoms with E-state index in [0.717, 1.165) is 15.9 Å². The molecule has 3 heteroatoms. The van der Waals surface area contributed by atoms with E-state index in [1.54, 1.807) is 0 Å². The summed E-state index contributed by atoms with van der Waals surface area (Å²) in [6.07, 6.45) is 0.968. The number of rotatable bonds is 3. The van der Waals surface area contributed by atoms with E-state index in [4.69, 9.17) is 17.3 Å². The van der Waals surface area contributed by atoms with Crippen LogP contribution in [-0.4, -0.2) is 6.54 Å². The van der Waals surface area contributed by atoms with Crippen molar-refractivity contribution in [3.05, 3.63) is 33.3 Å². The van der Waals surface area contributed by atoms with Crippen molar-refractivity contribution in [2.24, 2.45) is 5.73 Å². The van der Waals surface area contributed by atoms with E-state index in [0.29, 0.717) is 12.5 Å². The van der Waals surface area contributed by atoms with Crippen molar-refractivity contribution in [1.82, 2.24) is 0 Å². The topological polar surface area (TPSA) is 26.0 Å². The Morgan fingerprint density at radius 3 is 2.85 bits per heavy atom. The molecule has 72 valence electrons. The van der Waals surface area contributed by atoms with Crippen LogP contribution in [0.15, 0.2) is 22.7 Å². The first-order chi connectivity index (χ1) is 6.15. The van der Waals surface area contributed by atoms with Crippen LogP contribution in [0.2, 0.25) is 5.02 Å². The summed E-state index contributed by atoms with van der Waals surface area (Å²) in [6.45, 7) is 2.84. The van der Waals surface area contributed by atoms with Crippen molar-refractivity contribution >= 4 is 27.5 Å². The van der Waals surface area contributed by atoms with E-state index in [1.807, 2.05) is 12.1 Å². The summed E-state index contributed by atoms with van der Waals surface area (Å²) in [5.74, 6) is 0.426. The molecule has 0 heterocycles. The Bertz CT molecular complexity index is 288. The summed E-state index contributed by atoms with van der Waals surface area (Å²) in [5, 5.41) is 0.823. The van der Waals surface area contributed by atoms with Crippen molar-refractivity contribution in [2.45, 2.75) is 19.3 Å². The quantitative estimate of drug-likeness (QED) is 0.886. The smallest absolute Gasteiger partial charge is 0.0441 e. The molecule has 0 aliphatic heterocycles. The Labute approximate surface area is 92.4 Å². The zero-order chi connectivity index (χ0) is 9.84. The highest BCUT2D eigenvalue weighted by atomic mass is 79.9. The Kier molecular flexibility index (Phi) is 4.23. The molecule has 0 saturated heterocycles. The van der Waals surface area contributed by atoms with Crippen LogP contribution in [0.1, 0.15) is 24.8 Å². The lowest BCUT2D eigenvalue weighted by Crippen LogP contribution is -2.04. The largest absolute Gasteiger partial charge is 0.330 e. The van der Waals surface area contributed by atoms with Crippen LogP contribution in [0.4, 0.5) is 0 Å². The van der Waals surface area contributed by atoms with Gasteiger partial charge in [-0.1, -0.05) is 34.5 Å². The fraction of sp³-hybridized carbons (Fsp3) is 0.400. The molecule has 0 bridgehead atoms. The summed E-state index contributed by atoms with van der Waals surface area (Å²) < 4.78 is 1.07. The molecule has 0 aliphatic rings. The molecule has 1 rings (SSSR count). The van der Waals surface area contributed by atoms with Crippen molar-refractivity contribution in [1.29, 1.82) is 0 Å². The number of halogens is 2. The zero-order valence-electron chi connectivity index (χ0n) is 7.56. The van der Waals surface area contributed by atoms with Gasteiger partial charge in [0, 0.05) is 9.50 Å². The molecule has 0 fully saturated rings. The molecule has 0 radical (unpaired) electrons. The van der Waals surface area contributed by atoms with Gasteiger partial charge in [-0.15, -0.1) is 0 Å². The highest BCUT2D eigenvalue weighted by Crippen LogP contribution is 2.29. The van der Waals surface area contributed by atoms with Crippen LogP contribution in [0.25, 0.3) is 0 Å². The molecular weight excluding hydrogens is 249 g/mol. The van der Waals surface area contributed by atoms with Crippen LogP contribution in [-0.2, 0) is 0 Å². The SMILES string of the molecule is CC(CCN)c1cc(Br)ccc1Cl. The highest BCUT2D eigenvalue weighted by molar-refractivity contribution is 9.10. The summed E-state index contributed by atoms with van der Waals surface area (Å²) in [6, 6.07) is 5.91. The second-order valence-corrected chi connectivity index (χ2v) is 4.47. The van der Waals surface area contributed by atoms with E-state index >= 15 is 0 Å². The lowest BCUT2D eigenvalue weighted by atomic mass is 9.98.